The molecule has 0 saturated carbocycles. The third kappa shape index (κ3) is 3.49. The van der Waals surface area contributed by atoms with E-state index in [1.807, 2.05) is 11.9 Å². The van der Waals surface area contributed by atoms with E-state index in [-0.39, 0.29) is 11.8 Å². The molecule has 0 spiro atoms. The van der Waals surface area contributed by atoms with E-state index in [2.05, 4.69) is 10.2 Å². The monoisotopic (exact) mass is 295 g/mol. The summed E-state index contributed by atoms with van der Waals surface area (Å²) in [6, 6.07) is 4.95. The lowest BCUT2D eigenvalue weighted by Gasteiger charge is -2.32. The van der Waals surface area contributed by atoms with Crippen LogP contribution in [0.5, 0.6) is 0 Å². The van der Waals surface area contributed by atoms with Crippen LogP contribution in [-0.4, -0.2) is 54.8 Å². The Hall–Kier alpha value is -1.59. The number of rotatable bonds is 2. The van der Waals surface area contributed by atoms with Gasteiger partial charge in [-0.15, -0.1) is 0 Å². The van der Waals surface area contributed by atoms with Crippen LogP contribution in [0.3, 0.4) is 0 Å². The first kappa shape index (κ1) is 14.8. The van der Waals surface area contributed by atoms with E-state index in [0.717, 1.165) is 13.1 Å². The Kier molecular flexibility index (Phi) is 4.62. The zero-order valence-electron chi connectivity index (χ0n) is 11.6. The molecule has 0 aliphatic carbocycles. The summed E-state index contributed by atoms with van der Waals surface area (Å²) in [5.41, 5.74) is 1.02. The van der Waals surface area contributed by atoms with Gasteiger partial charge < -0.3 is 15.1 Å². The van der Waals surface area contributed by atoms with Crippen LogP contribution in [0, 0.1) is 0 Å². The van der Waals surface area contributed by atoms with Gasteiger partial charge >= 0.3 is 0 Å². The van der Waals surface area contributed by atoms with Gasteiger partial charge in [-0.1, -0.05) is 11.6 Å². The number of piperazine rings is 1. The largest absolute Gasteiger partial charge is 0.336 e. The number of carbonyl (C=O) groups excluding carboxylic acids is 2. The fourth-order valence-electron chi connectivity index (χ4n) is 2.14. The van der Waals surface area contributed by atoms with Crippen LogP contribution in [0.1, 0.15) is 17.3 Å². The zero-order chi connectivity index (χ0) is 14.7. The van der Waals surface area contributed by atoms with E-state index in [1.165, 1.54) is 6.92 Å². The van der Waals surface area contributed by atoms with Crippen molar-refractivity contribution in [3.63, 3.8) is 0 Å². The minimum Gasteiger partial charge on any atom is -0.336 e. The minimum absolute atomic E-state index is 0.0265. The van der Waals surface area contributed by atoms with Crippen molar-refractivity contribution in [1.29, 1.82) is 0 Å². The van der Waals surface area contributed by atoms with Crippen LogP contribution in [0.4, 0.5) is 5.69 Å². The summed E-state index contributed by atoms with van der Waals surface area (Å²) in [6.45, 7) is 4.59. The number of carbonyl (C=O) groups is 2. The molecule has 6 heteroatoms. The first-order valence-electron chi connectivity index (χ1n) is 6.52. The van der Waals surface area contributed by atoms with Crippen molar-refractivity contribution in [2.45, 2.75) is 6.92 Å². The highest BCUT2D eigenvalue weighted by atomic mass is 35.5. The number of anilines is 1. The van der Waals surface area contributed by atoms with Crippen molar-refractivity contribution < 1.29 is 9.59 Å². The molecular weight excluding hydrogens is 278 g/mol. The standard InChI is InChI=1S/C14H18ClN3O2/c1-10(19)16-13-9-11(3-4-12(13)15)14(20)18-7-5-17(2)6-8-18/h3-4,9H,5-8H2,1-2H3,(H,16,19). The summed E-state index contributed by atoms with van der Waals surface area (Å²) >= 11 is 6.00. The third-order valence-electron chi connectivity index (χ3n) is 3.31. The number of likely N-dealkylation sites (N-methyl/N-ethyl adjacent to an activating group) is 1. The maximum absolute atomic E-state index is 12.4. The number of amides is 2. The van der Waals surface area contributed by atoms with E-state index in [9.17, 15) is 9.59 Å². The number of nitrogens with zero attached hydrogens (tertiary/aromatic N) is 2. The van der Waals surface area contributed by atoms with Gasteiger partial charge in [-0.05, 0) is 25.2 Å². The first-order valence-corrected chi connectivity index (χ1v) is 6.90. The molecule has 0 aromatic heterocycles. The minimum atomic E-state index is -0.212. The molecule has 20 heavy (non-hydrogen) atoms. The second kappa shape index (κ2) is 6.24. The summed E-state index contributed by atoms with van der Waals surface area (Å²) < 4.78 is 0. The molecule has 1 heterocycles. The Morgan fingerprint density at radius 1 is 1.20 bits per heavy atom. The van der Waals surface area contributed by atoms with Crippen LogP contribution >= 0.6 is 11.6 Å². The van der Waals surface area contributed by atoms with E-state index in [4.69, 9.17) is 11.6 Å². The average Bonchev–Trinajstić information content (AvgIpc) is 2.41. The smallest absolute Gasteiger partial charge is 0.254 e. The molecule has 0 unspecified atom stereocenters. The van der Waals surface area contributed by atoms with Gasteiger partial charge in [-0.25, -0.2) is 0 Å². The topological polar surface area (TPSA) is 52.7 Å². The van der Waals surface area contributed by atoms with Gasteiger partial charge in [0.25, 0.3) is 5.91 Å². The van der Waals surface area contributed by atoms with Crippen molar-refractivity contribution in [1.82, 2.24) is 9.80 Å². The van der Waals surface area contributed by atoms with E-state index in [0.29, 0.717) is 29.4 Å². The van der Waals surface area contributed by atoms with Crippen LogP contribution in [0.2, 0.25) is 5.02 Å². The molecule has 1 N–H and O–H groups in total. The number of hydrogen-bond donors (Lipinski definition) is 1. The number of benzene rings is 1. The Labute approximate surface area is 123 Å². The molecule has 1 aromatic carbocycles. The van der Waals surface area contributed by atoms with Crippen molar-refractivity contribution >= 4 is 29.1 Å². The molecule has 108 valence electrons. The molecule has 5 nitrogen and oxygen atoms in total. The van der Waals surface area contributed by atoms with Gasteiger partial charge in [0.05, 0.1) is 10.7 Å². The van der Waals surface area contributed by atoms with Crippen molar-refractivity contribution in [2.24, 2.45) is 0 Å². The predicted molar refractivity (Wildman–Crippen MR) is 79.2 cm³/mol. The van der Waals surface area contributed by atoms with Gasteiger partial charge in [-0.2, -0.15) is 0 Å². The number of halogens is 1. The quantitative estimate of drug-likeness (QED) is 0.903. The lowest BCUT2D eigenvalue weighted by atomic mass is 10.1. The first-order chi connectivity index (χ1) is 9.47. The fraction of sp³-hybridized carbons (Fsp3) is 0.429. The average molecular weight is 296 g/mol. The van der Waals surface area contributed by atoms with E-state index < -0.39 is 0 Å². The molecule has 1 aliphatic rings. The molecular formula is C14H18ClN3O2. The van der Waals surface area contributed by atoms with E-state index in [1.54, 1.807) is 18.2 Å². The lowest BCUT2D eigenvalue weighted by Crippen LogP contribution is -2.47. The second-order valence-corrected chi connectivity index (χ2v) is 5.38. The highest BCUT2D eigenvalue weighted by Crippen LogP contribution is 2.24. The molecule has 1 aromatic rings. The summed E-state index contributed by atoms with van der Waals surface area (Å²) in [5.74, 6) is -0.238. The van der Waals surface area contributed by atoms with Crippen molar-refractivity contribution in [3.8, 4) is 0 Å². The van der Waals surface area contributed by atoms with Gasteiger partial charge in [0.1, 0.15) is 0 Å². The molecule has 1 fully saturated rings. The highest BCUT2D eigenvalue weighted by Gasteiger charge is 2.21. The van der Waals surface area contributed by atoms with Crippen LogP contribution in [0.25, 0.3) is 0 Å². The maximum Gasteiger partial charge on any atom is 0.254 e. The number of nitrogens with one attached hydrogen (secondary N) is 1. The van der Waals surface area contributed by atoms with Crippen molar-refractivity contribution in [3.05, 3.63) is 28.8 Å². The Bertz CT molecular complexity index is 525. The summed E-state index contributed by atoms with van der Waals surface area (Å²) in [7, 11) is 2.04. The molecule has 0 atom stereocenters. The molecule has 1 aliphatic heterocycles. The molecule has 2 amide bonds. The Morgan fingerprint density at radius 3 is 2.45 bits per heavy atom. The number of hydrogen-bond acceptors (Lipinski definition) is 3. The van der Waals surface area contributed by atoms with Crippen LogP contribution in [0.15, 0.2) is 18.2 Å². The molecule has 1 saturated heterocycles. The normalized spacial score (nSPS) is 16.1. The van der Waals surface area contributed by atoms with Crippen molar-refractivity contribution in [2.75, 3.05) is 38.5 Å². The second-order valence-electron chi connectivity index (χ2n) is 4.97. The molecule has 0 radical (unpaired) electrons. The van der Waals surface area contributed by atoms with Crippen LogP contribution < -0.4 is 5.32 Å². The SMILES string of the molecule is CC(=O)Nc1cc(C(=O)N2CCN(C)CC2)ccc1Cl. The Balaban J connectivity index is 2.15. The molecule has 0 bridgehead atoms. The zero-order valence-corrected chi connectivity index (χ0v) is 12.4. The lowest BCUT2D eigenvalue weighted by molar-refractivity contribution is -0.114. The molecule has 2 rings (SSSR count). The van der Waals surface area contributed by atoms with Gasteiger partial charge in [-0.3, -0.25) is 9.59 Å². The summed E-state index contributed by atoms with van der Waals surface area (Å²) in [6.07, 6.45) is 0. The van der Waals surface area contributed by atoms with Crippen LogP contribution in [-0.2, 0) is 4.79 Å². The summed E-state index contributed by atoms with van der Waals surface area (Å²) in [5, 5.41) is 3.05. The van der Waals surface area contributed by atoms with Gasteiger partial charge in [0.15, 0.2) is 0 Å². The summed E-state index contributed by atoms with van der Waals surface area (Å²) in [4.78, 5) is 27.5. The third-order valence-corrected chi connectivity index (χ3v) is 3.64. The maximum atomic E-state index is 12.4. The van der Waals surface area contributed by atoms with E-state index >= 15 is 0 Å². The van der Waals surface area contributed by atoms with Gasteiger partial charge in [0.2, 0.25) is 5.91 Å². The predicted octanol–water partition coefficient (Wildman–Crippen LogP) is 1.69. The highest BCUT2D eigenvalue weighted by molar-refractivity contribution is 6.33. The van der Waals surface area contributed by atoms with Gasteiger partial charge in [0, 0.05) is 38.7 Å². The Morgan fingerprint density at radius 2 is 1.85 bits per heavy atom. The fourth-order valence-corrected chi connectivity index (χ4v) is 2.30.